The number of non-ortho nitro benzene ring substituents is 1. The van der Waals surface area contributed by atoms with Crippen LogP contribution in [0.25, 0.3) is 10.1 Å². The molecule has 2 saturated heterocycles. The van der Waals surface area contributed by atoms with E-state index in [-0.39, 0.29) is 21.2 Å². The molecule has 13 heteroatoms. The number of likely N-dealkylation sites (tertiary alicyclic amines) is 1. The number of fused-ring (bicyclic) bond motifs is 1. The van der Waals surface area contributed by atoms with Gasteiger partial charge in [-0.1, -0.05) is 11.3 Å². The Morgan fingerprint density at radius 2 is 1.73 bits per heavy atom. The summed E-state index contributed by atoms with van der Waals surface area (Å²) >= 11 is 0.886. The van der Waals surface area contributed by atoms with E-state index in [1.165, 1.54) is 0 Å². The molecule has 1 spiro atoms. The molecule has 0 atom stereocenters. The van der Waals surface area contributed by atoms with Crippen LogP contribution < -0.4 is 10.5 Å². The zero-order valence-corrected chi connectivity index (χ0v) is 21.7. The molecular formula is C24H30F3N5O4S. The molecule has 9 nitrogen and oxygen atoms in total. The third-order valence-electron chi connectivity index (χ3n) is 7.70. The Balaban J connectivity index is 1.46. The summed E-state index contributed by atoms with van der Waals surface area (Å²) in [5, 5.41) is 11.4. The number of piperidine rings is 2. The summed E-state index contributed by atoms with van der Waals surface area (Å²) in [6.45, 7) is 8.63. The molecule has 1 amide bonds. The molecule has 4 rings (SSSR count). The quantitative estimate of drug-likeness (QED) is 0.400. The average Bonchev–Trinajstić information content (AvgIpc) is 2.85. The fourth-order valence-corrected chi connectivity index (χ4v) is 6.42. The van der Waals surface area contributed by atoms with Gasteiger partial charge < -0.3 is 9.80 Å². The molecule has 2 aromatic rings. The Hall–Kier alpha value is -2.80. The standard InChI is InChI=1S/C24H30F3N5O4S/c1-3-30(4-2)19(33)15-29-9-5-23(6-10-29)7-11-31(12-8-23)22-28-21(34)17-13-16(24(25,26)27)14-18(32(35)36)20(17)37-22/h13-14H,3-12,15H2,1-2H3. The minimum Gasteiger partial charge on any atom is -0.348 e. The summed E-state index contributed by atoms with van der Waals surface area (Å²) in [6, 6.07) is 1.12. The van der Waals surface area contributed by atoms with E-state index in [4.69, 9.17) is 0 Å². The number of likely N-dealkylation sites (N-methyl/N-ethyl adjacent to an activating group) is 1. The number of nitro benzene ring substituents is 1. The van der Waals surface area contributed by atoms with Crippen molar-refractivity contribution in [3.63, 3.8) is 0 Å². The maximum absolute atomic E-state index is 13.2. The van der Waals surface area contributed by atoms with Crippen LogP contribution in [0.15, 0.2) is 16.9 Å². The van der Waals surface area contributed by atoms with Crippen molar-refractivity contribution < 1.29 is 22.9 Å². The number of hydrogen-bond donors (Lipinski definition) is 0. The van der Waals surface area contributed by atoms with Crippen LogP contribution in [0.2, 0.25) is 0 Å². The Morgan fingerprint density at radius 1 is 1.14 bits per heavy atom. The number of halogens is 3. The van der Waals surface area contributed by atoms with Gasteiger partial charge in [-0.2, -0.15) is 18.2 Å². The maximum Gasteiger partial charge on any atom is 0.416 e. The van der Waals surface area contributed by atoms with Crippen LogP contribution in [0.1, 0.15) is 45.1 Å². The third kappa shape index (κ3) is 5.71. The van der Waals surface area contributed by atoms with Crippen molar-refractivity contribution in [2.24, 2.45) is 5.41 Å². The molecule has 37 heavy (non-hydrogen) atoms. The van der Waals surface area contributed by atoms with Gasteiger partial charge in [-0.25, -0.2) is 0 Å². The molecule has 0 bridgehead atoms. The first-order chi connectivity index (χ1) is 17.5. The van der Waals surface area contributed by atoms with E-state index in [1.807, 2.05) is 23.6 Å². The van der Waals surface area contributed by atoms with Gasteiger partial charge in [-0.05, 0) is 64.1 Å². The SMILES string of the molecule is CCN(CC)C(=O)CN1CCC2(CC1)CCN(c1nc(=O)c3cc(C(F)(F)F)cc([N+](=O)[O-])c3s1)CC2. The molecule has 0 aliphatic carbocycles. The van der Waals surface area contributed by atoms with Crippen LogP contribution in [0.5, 0.6) is 0 Å². The third-order valence-corrected chi connectivity index (χ3v) is 8.87. The van der Waals surface area contributed by atoms with Crippen molar-refractivity contribution in [3.05, 3.63) is 38.2 Å². The summed E-state index contributed by atoms with van der Waals surface area (Å²) in [5.41, 5.74) is -2.75. The van der Waals surface area contributed by atoms with Crippen LogP contribution in [0, 0.1) is 15.5 Å². The number of anilines is 1. The Bertz CT molecular complexity index is 1230. The Labute approximate surface area is 216 Å². The van der Waals surface area contributed by atoms with Crippen molar-refractivity contribution in [1.82, 2.24) is 14.8 Å². The number of carbonyl (C=O) groups excluding carboxylic acids is 1. The predicted molar refractivity (Wildman–Crippen MR) is 135 cm³/mol. The van der Waals surface area contributed by atoms with Crippen LogP contribution in [-0.4, -0.2) is 71.4 Å². The van der Waals surface area contributed by atoms with Crippen molar-refractivity contribution in [2.45, 2.75) is 45.7 Å². The minimum absolute atomic E-state index is 0.0977. The van der Waals surface area contributed by atoms with Gasteiger partial charge in [0.15, 0.2) is 5.13 Å². The topological polar surface area (TPSA) is 99.9 Å². The summed E-state index contributed by atoms with van der Waals surface area (Å²) < 4.78 is 39.6. The van der Waals surface area contributed by atoms with Crippen LogP contribution >= 0.6 is 11.3 Å². The van der Waals surface area contributed by atoms with E-state index < -0.39 is 33.3 Å². The highest BCUT2D eigenvalue weighted by molar-refractivity contribution is 7.22. The fraction of sp³-hybridized carbons (Fsp3) is 0.625. The van der Waals surface area contributed by atoms with E-state index in [2.05, 4.69) is 9.88 Å². The van der Waals surface area contributed by atoms with Crippen molar-refractivity contribution in [2.75, 3.05) is 50.7 Å². The average molecular weight is 542 g/mol. The number of alkyl halides is 3. The second-order valence-electron chi connectivity index (χ2n) is 9.76. The van der Waals surface area contributed by atoms with E-state index in [0.717, 1.165) is 50.1 Å². The van der Waals surface area contributed by atoms with Crippen molar-refractivity contribution >= 4 is 38.1 Å². The number of hydrogen-bond acceptors (Lipinski definition) is 8. The van der Waals surface area contributed by atoms with E-state index >= 15 is 0 Å². The number of amides is 1. The van der Waals surface area contributed by atoms with Gasteiger partial charge >= 0.3 is 6.18 Å². The highest BCUT2D eigenvalue weighted by Gasteiger charge is 2.39. The summed E-state index contributed by atoms with van der Waals surface area (Å²) in [5.74, 6) is 0.143. The first-order valence-electron chi connectivity index (χ1n) is 12.4. The van der Waals surface area contributed by atoms with Gasteiger partial charge in [0, 0.05) is 32.2 Å². The van der Waals surface area contributed by atoms with Gasteiger partial charge in [-0.15, -0.1) is 0 Å². The lowest BCUT2D eigenvalue weighted by Gasteiger charge is -2.47. The van der Waals surface area contributed by atoms with E-state index in [1.54, 1.807) is 0 Å². The zero-order valence-electron chi connectivity index (χ0n) is 20.8. The monoisotopic (exact) mass is 541 g/mol. The molecule has 0 saturated carbocycles. The van der Waals surface area contributed by atoms with Gasteiger partial charge in [0.05, 0.1) is 22.4 Å². The molecule has 202 valence electrons. The molecule has 2 fully saturated rings. The number of rotatable bonds is 6. The van der Waals surface area contributed by atoms with Crippen LogP contribution in [0.4, 0.5) is 24.0 Å². The smallest absolute Gasteiger partial charge is 0.348 e. The molecule has 2 aliphatic heterocycles. The molecule has 1 aromatic heterocycles. The number of aromatic nitrogens is 1. The second kappa shape index (κ2) is 10.5. The molecule has 0 radical (unpaired) electrons. The molecule has 1 aromatic carbocycles. The number of nitro groups is 1. The van der Waals surface area contributed by atoms with E-state index in [9.17, 15) is 32.9 Å². The normalized spacial score (nSPS) is 18.4. The highest BCUT2D eigenvalue weighted by atomic mass is 32.1. The lowest BCUT2D eigenvalue weighted by atomic mass is 9.71. The maximum atomic E-state index is 13.2. The molecule has 0 N–H and O–H groups in total. The first kappa shape index (κ1) is 27.2. The highest BCUT2D eigenvalue weighted by Crippen LogP contribution is 2.43. The van der Waals surface area contributed by atoms with Gasteiger partial charge in [0.2, 0.25) is 5.91 Å². The van der Waals surface area contributed by atoms with Gasteiger partial charge in [-0.3, -0.25) is 24.6 Å². The summed E-state index contributed by atoms with van der Waals surface area (Å²) in [4.78, 5) is 45.7. The summed E-state index contributed by atoms with van der Waals surface area (Å²) in [6.07, 6.45) is -1.20. The fourth-order valence-electron chi connectivity index (χ4n) is 5.30. The summed E-state index contributed by atoms with van der Waals surface area (Å²) in [7, 11) is 0. The van der Waals surface area contributed by atoms with E-state index in [0.29, 0.717) is 44.9 Å². The van der Waals surface area contributed by atoms with Gasteiger partial charge in [0.1, 0.15) is 4.70 Å². The lowest BCUT2D eigenvalue weighted by Crippen LogP contribution is -2.49. The molecule has 2 aliphatic rings. The minimum atomic E-state index is -4.82. The van der Waals surface area contributed by atoms with Crippen LogP contribution in [-0.2, 0) is 11.0 Å². The number of nitrogens with zero attached hydrogens (tertiary/aromatic N) is 5. The van der Waals surface area contributed by atoms with Crippen LogP contribution in [0.3, 0.4) is 0 Å². The molecule has 3 heterocycles. The Morgan fingerprint density at radius 3 is 2.27 bits per heavy atom. The van der Waals surface area contributed by atoms with Crippen molar-refractivity contribution in [1.29, 1.82) is 0 Å². The first-order valence-corrected chi connectivity index (χ1v) is 13.2. The van der Waals surface area contributed by atoms with Crippen molar-refractivity contribution in [3.8, 4) is 0 Å². The molecule has 0 unspecified atom stereocenters. The lowest BCUT2D eigenvalue weighted by molar-refractivity contribution is -0.383. The number of carbonyl (C=O) groups is 1. The molecular weight excluding hydrogens is 511 g/mol. The second-order valence-corrected chi connectivity index (χ2v) is 10.7. The van der Waals surface area contributed by atoms with Gasteiger partial charge in [0.25, 0.3) is 11.2 Å². The zero-order chi connectivity index (χ0) is 27.0. The Kier molecular flexibility index (Phi) is 7.75. The number of benzene rings is 1. The predicted octanol–water partition coefficient (Wildman–Crippen LogP) is 4.13. The largest absolute Gasteiger partial charge is 0.416 e.